The highest BCUT2D eigenvalue weighted by Crippen LogP contribution is 2.59. The van der Waals surface area contributed by atoms with Crippen LogP contribution >= 0.6 is 0 Å². The maximum Gasteiger partial charge on any atom is 0.414 e. The Labute approximate surface area is 250 Å². The largest absolute Gasteiger partial charge is 0.447 e. The summed E-state index contributed by atoms with van der Waals surface area (Å²) in [7, 11) is 0. The maximum absolute atomic E-state index is 16.1. The molecule has 3 amide bonds. The first-order chi connectivity index (χ1) is 20.5. The van der Waals surface area contributed by atoms with Crippen molar-refractivity contribution in [2.24, 2.45) is 11.8 Å². The molecular weight excluding hydrogens is 553 g/mol. The second kappa shape index (κ2) is 10.7. The molecule has 1 spiro atoms. The van der Waals surface area contributed by atoms with Gasteiger partial charge in [-0.05, 0) is 49.6 Å². The molecule has 2 saturated heterocycles. The lowest BCUT2D eigenvalue weighted by Gasteiger charge is -2.37. The predicted molar refractivity (Wildman–Crippen MR) is 158 cm³/mol. The minimum Gasteiger partial charge on any atom is -0.447 e. The molecule has 0 bridgehead atoms. The van der Waals surface area contributed by atoms with Gasteiger partial charge >= 0.3 is 6.09 Å². The molecule has 2 aromatic carbocycles. The average molecular weight is 592 g/mol. The van der Waals surface area contributed by atoms with E-state index in [9.17, 15) is 19.5 Å². The van der Waals surface area contributed by atoms with E-state index < -0.39 is 41.3 Å². The Morgan fingerprint density at radius 2 is 1.95 bits per heavy atom. The van der Waals surface area contributed by atoms with E-state index in [-0.39, 0.29) is 38.0 Å². The topological polar surface area (TPSA) is 99.6 Å². The Hall–Kier alpha value is -3.76. The summed E-state index contributed by atoms with van der Waals surface area (Å²) in [6.07, 6.45) is 0.596. The predicted octanol–water partition coefficient (Wildman–Crippen LogP) is 4.11. The first-order valence-electron chi connectivity index (χ1n) is 14.9. The molecule has 0 radical (unpaired) electrons. The molecule has 228 valence electrons. The third-order valence-corrected chi connectivity index (χ3v) is 9.59. The standard InChI is InChI=1S/C33H38FN3O6/c1-5-12-36-26-11-10-23(35-13-14-42-31(35)41)16-25(26)33(30(36)40)20(2)29(32(3,4)34)27(43-33)17-28(39)37-18-22-9-7-6-8-21(22)15-24(37)19-38/h5-11,16,20,24,27,29,38H,1,12-15,17-19H2,2-4H3/t20-,24+,27+,29-,33+/m1/s1. The average Bonchev–Trinajstić information content (AvgIpc) is 3.61. The van der Waals surface area contributed by atoms with Crippen LogP contribution in [-0.2, 0) is 37.6 Å². The Morgan fingerprint density at radius 1 is 1.21 bits per heavy atom. The Kier molecular flexibility index (Phi) is 7.33. The Morgan fingerprint density at radius 3 is 2.60 bits per heavy atom. The molecule has 9 nitrogen and oxygen atoms in total. The SMILES string of the molecule is C=CCN1C(=O)[C@@]2(O[C@@H](CC(=O)N3Cc4ccccc4C[C@H]3CO)[C@H](C(C)(C)F)[C@H]2C)c2cc(N3CCOC3=O)ccc21. The van der Waals surface area contributed by atoms with Crippen molar-refractivity contribution in [3.8, 4) is 0 Å². The van der Waals surface area contributed by atoms with Crippen LogP contribution in [0.2, 0.25) is 0 Å². The van der Waals surface area contributed by atoms with Crippen molar-refractivity contribution in [2.75, 3.05) is 36.1 Å². The zero-order valence-electron chi connectivity index (χ0n) is 24.8. The molecule has 6 rings (SSSR count). The number of nitrogens with zero attached hydrogens (tertiary/aromatic N) is 3. The molecule has 2 aromatic rings. The summed E-state index contributed by atoms with van der Waals surface area (Å²) < 4.78 is 28.0. The number of hydrogen-bond donors (Lipinski definition) is 1. The number of cyclic esters (lactones) is 1. The molecular formula is C33H38FN3O6. The molecule has 5 atom stereocenters. The van der Waals surface area contributed by atoms with Gasteiger partial charge in [-0.3, -0.25) is 14.5 Å². The second-order valence-corrected chi connectivity index (χ2v) is 12.5. The minimum absolute atomic E-state index is 0.148. The highest BCUT2D eigenvalue weighted by molar-refractivity contribution is 6.08. The number of amides is 3. The number of carbonyl (C=O) groups is 3. The van der Waals surface area contributed by atoms with E-state index in [4.69, 9.17) is 9.47 Å². The summed E-state index contributed by atoms with van der Waals surface area (Å²) in [4.78, 5) is 45.3. The molecule has 10 heteroatoms. The highest BCUT2D eigenvalue weighted by Gasteiger charge is 2.66. The van der Waals surface area contributed by atoms with Crippen LogP contribution in [0.1, 0.15) is 43.9 Å². The molecule has 1 N–H and O–H groups in total. The fraction of sp³-hybridized carbons (Fsp3) is 0.485. The number of benzene rings is 2. The first kappa shape index (κ1) is 29.3. The molecule has 4 heterocycles. The van der Waals surface area contributed by atoms with E-state index >= 15 is 4.39 Å². The molecule has 4 aliphatic rings. The van der Waals surface area contributed by atoms with E-state index in [1.54, 1.807) is 41.0 Å². The number of rotatable bonds is 7. The third kappa shape index (κ3) is 4.62. The van der Waals surface area contributed by atoms with Gasteiger partial charge in [0.15, 0.2) is 5.60 Å². The molecule has 2 fully saturated rings. The van der Waals surface area contributed by atoms with Gasteiger partial charge in [0, 0.05) is 36.2 Å². The van der Waals surface area contributed by atoms with Crippen molar-refractivity contribution in [2.45, 2.75) is 63.6 Å². The van der Waals surface area contributed by atoms with E-state index in [2.05, 4.69) is 6.58 Å². The summed E-state index contributed by atoms with van der Waals surface area (Å²) in [5.74, 6) is -2.07. The van der Waals surface area contributed by atoms with E-state index in [0.29, 0.717) is 36.4 Å². The van der Waals surface area contributed by atoms with Gasteiger partial charge < -0.3 is 24.4 Å². The van der Waals surface area contributed by atoms with Crippen LogP contribution in [0.3, 0.4) is 0 Å². The molecule has 43 heavy (non-hydrogen) atoms. The van der Waals surface area contributed by atoms with Crippen LogP contribution in [0.25, 0.3) is 0 Å². The van der Waals surface area contributed by atoms with Gasteiger partial charge in [0.25, 0.3) is 5.91 Å². The number of aliphatic hydroxyl groups excluding tert-OH is 1. The van der Waals surface area contributed by atoms with Crippen molar-refractivity contribution in [3.63, 3.8) is 0 Å². The van der Waals surface area contributed by atoms with Gasteiger partial charge in [-0.2, -0.15) is 0 Å². The van der Waals surface area contributed by atoms with Crippen LogP contribution in [0.15, 0.2) is 55.1 Å². The van der Waals surface area contributed by atoms with Gasteiger partial charge in [-0.15, -0.1) is 6.58 Å². The van der Waals surface area contributed by atoms with Crippen molar-refractivity contribution >= 4 is 29.3 Å². The van der Waals surface area contributed by atoms with Crippen LogP contribution < -0.4 is 9.80 Å². The second-order valence-electron chi connectivity index (χ2n) is 12.5. The van der Waals surface area contributed by atoms with E-state index in [0.717, 1.165) is 11.1 Å². The van der Waals surface area contributed by atoms with E-state index in [1.165, 1.54) is 18.7 Å². The number of carbonyl (C=O) groups excluding carboxylic acids is 3. The summed E-state index contributed by atoms with van der Waals surface area (Å²) in [6.45, 7) is 9.51. The van der Waals surface area contributed by atoms with Gasteiger partial charge in [-0.1, -0.05) is 37.3 Å². The normalized spacial score (nSPS) is 28.3. The van der Waals surface area contributed by atoms with Crippen molar-refractivity contribution in [3.05, 3.63) is 71.8 Å². The van der Waals surface area contributed by atoms with Gasteiger partial charge in [0.1, 0.15) is 12.3 Å². The molecule has 4 aliphatic heterocycles. The summed E-state index contributed by atoms with van der Waals surface area (Å²) >= 11 is 0. The Bertz CT molecular complexity index is 1470. The van der Waals surface area contributed by atoms with Gasteiger partial charge in [0.05, 0.1) is 37.4 Å². The third-order valence-electron chi connectivity index (χ3n) is 9.59. The number of halogens is 1. The first-order valence-corrected chi connectivity index (χ1v) is 14.9. The van der Waals surface area contributed by atoms with Crippen LogP contribution in [0, 0.1) is 11.8 Å². The Balaban J connectivity index is 1.38. The minimum atomic E-state index is -1.79. The van der Waals surface area contributed by atoms with Crippen LogP contribution in [-0.4, -0.2) is 72.0 Å². The lowest BCUT2D eigenvalue weighted by Crippen LogP contribution is -2.48. The fourth-order valence-electron chi connectivity index (χ4n) is 7.67. The summed E-state index contributed by atoms with van der Waals surface area (Å²) in [6, 6.07) is 12.7. The summed E-state index contributed by atoms with van der Waals surface area (Å²) in [5, 5.41) is 10.2. The van der Waals surface area contributed by atoms with Crippen LogP contribution in [0.5, 0.6) is 0 Å². The lowest BCUT2D eigenvalue weighted by atomic mass is 9.71. The molecule has 0 saturated carbocycles. The monoisotopic (exact) mass is 591 g/mol. The smallest absolute Gasteiger partial charge is 0.414 e. The number of fused-ring (bicyclic) bond motifs is 3. The van der Waals surface area contributed by atoms with Gasteiger partial charge in [0.2, 0.25) is 5.91 Å². The number of ether oxygens (including phenoxy) is 2. The highest BCUT2D eigenvalue weighted by atomic mass is 19.1. The quantitative estimate of drug-likeness (QED) is 0.487. The molecule has 0 aliphatic carbocycles. The zero-order valence-corrected chi connectivity index (χ0v) is 24.8. The number of anilines is 2. The number of aliphatic hydroxyl groups is 1. The fourth-order valence-corrected chi connectivity index (χ4v) is 7.67. The number of alkyl halides is 1. The van der Waals surface area contributed by atoms with Crippen molar-refractivity contribution in [1.82, 2.24) is 4.90 Å². The summed E-state index contributed by atoms with van der Waals surface area (Å²) in [5.41, 5.74) is 0.428. The lowest BCUT2D eigenvalue weighted by molar-refractivity contribution is -0.151. The van der Waals surface area contributed by atoms with Crippen LogP contribution in [0.4, 0.5) is 20.6 Å². The van der Waals surface area contributed by atoms with Gasteiger partial charge in [-0.25, -0.2) is 9.18 Å². The van der Waals surface area contributed by atoms with Crippen molar-refractivity contribution < 1.29 is 33.4 Å². The van der Waals surface area contributed by atoms with E-state index in [1.807, 2.05) is 24.3 Å². The molecule has 0 unspecified atom stereocenters. The maximum atomic E-state index is 16.1. The molecule has 0 aromatic heterocycles. The number of hydrogen-bond acceptors (Lipinski definition) is 6. The van der Waals surface area contributed by atoms with Crippen molar-refractivity contribution in [1.29, 1.82) is 0 Å². The zero-order chi connectivity index (χ0) is 30.7.